The van der Waals surface area contributed by atoms with E-state index in [-0.39, 0.29) is 25.0 Å². The van der Waals surface area contributed by atoms with Gasteiger partial charge in [-0.15, -0.1) is 0 Å². The molecule has 0 saturated carbocycles. The van der Waals surface area contributed by atoms with E-state index in [4.69, 9.17) is 9.47 Å². The van der Waals surface area contributed by atoms with Gasteiger partial charge >= 0.3 is 12.2 Å². The summed E-state index contributed by atoms with van der Waals surface area (Å²) in [7, 11) is 0. The van der Waals surface area contributed by atoms with Crippen LogP contribution in [0.1, 0.15) is 32.8 Å². The molecule has 0 aliphatic carbocycles. The van der Waals surface area contributed by atoms with Gasteiger partial charge in [0.05, 0.1) is 5.92 Å². The topological polar surface area (TPSA) is 97.0 Å². The number of hydrogen-bond acceptors (Lipinski definition) is 5. The van der Waals surface area contributed by atoms with Crippen LogP contribution in [0.3, 0.4) is 0 Å². The van der Waals surface area contributed by atoms with Crippen molar-refractivity contribution in [1.82, 2.24) is 15.5 Å². The summed E-state index contributed by atoms with van der Waals surface area (Å²) in [5, 5.41) is 5.36. The number of benzene rings is 1. The molecule has 8 nitrogen and oxygen atoms in total. The van der Waals surface area contributed by atoms with Crippen molar-refractivity contribution in [2.45, 2.75) is 39.4 Å². The Kier molecular flexibility index (Phi) is 7.66. The highest BCUT2D eigenvalue weighted by Crippen LogP contribution is 2.19. The van der Waals surface area contributed by atoms with Gasteiger partial charge in [0.1, 0.15) is 12.2 Å². The van der Waals surface area contributed by atoms with Crippen LogP contribution in [0.15, 0.2) is 30.3 Å². The van der Waals surface area contributed by atoms with E-state index in [9.17, 15) is 14.4 Å². The maximum absolute atomic E-state index is 12.2. The van der Waals surface area contributed by atoms with E-state index in [1.54, 1.807) is 4.90 Å². The first-order valence-corrected chi connectivity index (χ1v) is 9.45. The van der Waals surface area contributed by atoms with Crippen LogP contribution in [0.4, 0.5) is 9.59 Å². The zero-order valence-corrected chi connectivity index (χ0v) is 16.7. The third-order valence-corrected chi connectivity index (χ3v) is 4.12. The number of amides is 3. The van der Waals surface area contributed by atoms with Crippen LogP contribution in [-0.4, -0.2) is 54.8 Å². The second-order valence-electron chi connectivity index (χ2n) is 7.69. The number of carbonyl (C=O) groups excluding carboxylic acids is 3. The largest absolute Gasteiger partial charge is 0.445 e. The van der Waals surface area contributed by atoms with Crippen LogP contribution in [-0.2, 0) is 20.9 Å². The fraction of sp³-hybridized carbons (Fsp3) is 0.550. The molecule has 1 aliphatic heterocycles. The zero-order valence-electron chi connectivity index (χ0n) is 16.7. The highest BCUT2D eigenvalue weighted by atomic mass is 16.6. The molecular formula is C20H29N3O5. The summed E-state index contributed by atoms with van der Waals surface area (Å²) in [5.41, 5.74) is 0.347. The summed E-state index contributed by atoms with van der Waals surface area (Å²) in [6.07, 6.45) is -0.335. The second kappa shape index (κ2) is 9.96. The van der Waals surface area contributed by atoms with E-state index in [0.717, 1.165) is 5.56 Å². The van der Waals surface area contributed by atoms with Crippen molar-refractivity contribution in [3.63, 3.8) is 0 Å². The van der Waals surface area contributed by atoms with E-state index in [1.807, 2.05) is 51.1 Å². The summed E-state index contributed by atoms with van der Waals surface area (Å²) in [5.74, 6) is -0.400. The summed E-state index contributed by atoms with van der Waals surface area (Å²) in [4.78, 5) is 37.5. The number of nitrogens with one attached hydrogen (secondary N) is 2. The average molecular weight is 391 g/mol. The lowest BCUT2D eigenvalue weighted by Gasteiger charge is -2.24. The fourth-order valence-corrected chi connectivity index (χ4v) is 2.74. The molecule has 2 N–H and O–H groups in total. The first kappa shape index (κ1) is 21.5. The smallest absolute Gasteiger partial charge is 0.410 e. The molecule has 0 unspecified atom stereocenters. The van der Waals surface area contributed by atoms with Crippen molar-refractivity contribution in [1.29, 1.82) is 0 Å². The summed E-state index contributed by atoms with van der Waals surface area (Å²) >= 11 is 0. The Bertz CT molecular complexity index is 672. The van der Waals surface area contributed by atoms with E-state index in [0.29, 0.717) is 26.1 Å². The molecule has 1 aromatic carbocycles. The van der Waals surface area contributed by atoms with E-state index >= 15 is 0 Å². The number of likely N-dealkylation sites (tertiary alicyclic amines) is 1. The van der Waals surface area contributed by atoms with Gasteiger partial charge in [0.15, 0.2) is 0 Å². The number of hydrogen-bond donors (Lipinski definition) is 2. The van der Waals surface area contributed by atoms with Gasteiger partial charge in [-0.2, -0.15) is 0 Å². The number of ether oxygens (including phenoxy) is 2. The molecular weight excluding hydrogens is 362 g/mol. The number of rotatable bonds is 6. The number of nitrogens with zero attached hydrogens (tertiary/aromatic N) is 1. The highest BCUT2D eigenvalue weighted by molar-refractivity contribution is 5.80. The summed E-state index contributed by atoms with van der Waals surface area (Å²) in [6.45, 7) is 7.02. The van der Waals surface area contributed by atoms with Crippen LogP contribution < -0.4 is 10.6 Å². The molecule has 1 atom stereocenters. The quantitative estimate of drug-likeness (QED) is 0.725. The molecule has 8 heteroatoms. The molecule has 1 heterocycles. The van der Waals surface area contributed by atoms with Crippen LogP contribution >= 0.6 is 0 Å². The first-order valence-electron chi connectivity index (χ1n) is 9.45. The van der Waals surface area contributed by atoms with Gasteiger partial charge in [-0.05, 0) is 32.8 Å². The minimum absolute atomic E-state index is 0.134. The van der Waals surface area contributed by atoms with E-state index < -0.39 is 17.8 Å². The van der Waals surface area contributed by atoms with Crippen molar-refractivity contribution in [3.05, 3.63) is 35.9 Å². The van der Waals surface area contributed by atoms with Gasteiger partial charge in [-0.25, -0.2) is 9.59 Å². The SMILES string of the molecule is CC(C)(C)OC(=O)N1CC[C@@H](C(=O)NCCNC(=O)OCc2ccccc2)C1. The lowest BCUT2D eigenvalue weighted by atomic mass is 10.1. The van der Waals surface area contributed by atoms with Gasteiger partial charge < -0.3 is 25.0 Å². The van der Waals surface area contributed by atoms with E-state index in [1.165, 1.54) is 0 Å². The molecule has 0 bridgehead atoms. The first-order chi connectivity index (χ1) is 13.2. The highest BCUT2D eigenvalue weighted by Gasteiger charge is 2.33. The predicted molar refractivity (Wildman–Crippen MR) is 104 cm³/mol. The van der Waals surface area contributed by atoms with Crippen LogP contribution in [0, 0.1) is 5.92 Å². The van der Waals surface area contributed by atoms with E-state index in [2.05, 4.69) is 10.6 Å². The zero-order chi connectivity index (χ0) is 20.6. The van der Waals surface area contributed by atoms with Gasteiger partial charge in [-0.3, -0.25) is 4.79 Å². The molecule has 28 heavy (non-hydrogen) atoms. The third kappa shape index (κ3) is 7.46. The lowest BCUT2D eigenvalue weighted by molar-refractivity contribution is -0.124. The standard InChI is InChI=1S/C20H29N3O5/c1-20(2,3)28-19(26)23-12-9-16(13-23)17(24)21-10-11-22-18(25)27-14-15-7-5-4-6-8-15/h4-8,16H,9-14H2,1-3H3,(H,21,24)(H,22,25)/t16-/m1/s1. The Morgan fingerprint density at radius 2 is 1.79 bits per heavy atom. The van der Waals surface area contributed by atoms with Crippen molar-refractivity contribution >= 4 is 18.1 Å². The maximum Gasteiger partial charge on any atom is 0.410 e. The Hall–Kier alpha value is -2.77. The van der Waals surface area contributed by atoms with Crippen molar-refractivity contribution in [3.8, 4) is 0 Å². The number of alkyl carbamates (subject to hydrolysis) is 1. The fourth-order valence-electron chi connectivity index (χ4n) is 2.74. The van der Waals surface area contributed by atoms with Gasteiger partial charge in [0, 0.05) is 26.2 Å². The average Bonchev–Trinajstić information content (AvgIpc) is 3.13. The van der Waals surface area contributed by atoms with Crippen LogP contribution in [0.25, 0.3) is 0 Å². The van der Waals surface area contributed by atoms with Crippen molar-refractivity contribution in [2.24, 2.45) is 5.92 Å². The Morgan fingerprint density at radius 1 is 1.11 bits per heavy atom. The Balaban J connectivity index is 1.60. The minimum atomic E-state index is -0.557. The molecule has 0 radical (unpaired) electrons. The molecule has 0 aromatic heterocycles. The monoisotopic (exact) mass is 391 g/mol. The van der Waals surface area contributed by atoms with Crippen molar-refractivity contribution in [2.75, 3.05) is 26.2 Å². The lowest BCUT2D eigenvalue weighted by Crippen LogP contribution is -2.40. The second-order valence-corrected chi connectivity index (χ2v) is 7.69. The molecule has 3 amide bonds. The maximum atomic E-state index is 12.2. The molecule has 1 aliphatic rings. The van der Waals surface area contributed by atoms with Gasteiger partial charge in [-0.1, -0.05) is 30.3 Å². The van der Waals surface area contributed by atoms with Crippen LogP contribution in [0.5, 0.6) is 0 Å². The third-order valence-electron chi connectivity index (χ3n) is 4.12. The molecule has 1 aromatic rings. The molecule has 2 rings (SSSR count). The molecule has 1 fully saturated rings. The predicted octanol–water partition coefficient (Wildman–Crippen LogP) is 2.29. The van der Waals surface area contributed by atoms with Gasteiger partial charge in [0.2, 0.25) is 5.91 Å². The normalized spacial score (nSPS) is 16.4. The van der Waals surface area contributed by atoms with Crippen molar-refractivity contribution < 1.29 is 23.9 Å². The Morgan fingerprint density at radius 3 is 2.46 bits per heavy atom. The summed E-state index contributed by atoms with van der Waals surface area (Å²) in [6, 6.07) is 9.38. The van der Waals surface area contributed by atoms with Gasteiger partial charge in [0.25, 0.3) is 0 Å². The van der Waals surface area contributed by atoms with Crippen LogP contribution in [0.2, 0.25) is 0 Å². The number of carbonyl (C=O) groups is 3. The molecule has 0 spiro atoms. The Labute approximate surface area is 165 Å². The minimum Gasteiger partial charge on any atom is -0.445 e. The summed E-state index contributed by atoms with van der Waals surface area (Å²) < 4.78 is 10.4. The molecule has 1 saturated heterocycles. The molecule has 154 valence electrons.